The summed E-state index contributed by atoms with van der Waals surface area (Å²) in [6, 6.07) is 16.0. The maximum absolute atomic E-state index is 13.0. The smallest absolute Gasteiger partial charge is 0.269 e. The fourth-order valence-corrected chi connectivity index (χ4v) is 6.94. The molecule has 0 spiro atoms. The van der Waals surface area contributed by atoms with E-state index in [1.165, 1.54) is 12.1 Å². The molecule has 51 heavy (non-hydrogen) atoms. The summed E-state index contributed by atoms with van der Waals surface area (Å²) in [7, 11) is 0. The summed E-state index contributed by atoms with van der Waals surface area (Å²) in [4.78, 5) is 25.9. The third-order valence-electron chi connectivity index (χ3n) is 7.62. The van der Waals surface area contributed by atoms with Gasteiger partial charge in [-0.25, -0.2) is 0 Å². The molecule has 17 heteroatoms. The second kappa shape index (κ2) is 16.9. The van der Waals surface area contributed by atoms with Crippen LogP contribution in [0.5, 0.6) is 34.5 Å². The van der Waals surface area contributed by atoms with Crippen molar-refractivity contribution in [2.45, 2.75) is 25.4 Å². The average Bonchev–Trinajstić information content (AvgIpc) is 3.10. The van der Waals surface area contributed by atoms with Crippen molar-refractivity contribution in [1.82, 2.24) is 10.6 Å². The number of nitrogens with one attached hydrogen (secondary N) is 2. The van der Waals surface area contributed by atoms with E-state index in [9.17, 15) is 35.3 Å². The monoisotopic (exact) mass is 952 g/mol. The van der Waals surface area contributed by atoms with Crippen LogP contribution in [0.25, 0.3) is 0 Å². The summed E-state index contributed by atoms with van der Waals surface area (Å²) < 4.78 is 13.5. The van der Waals surface area contributed by atoms with Crippen LogP contribution in [0.1, 0.15) is 28.4 Å². The largest absolute Gasteiger partial charge is 0.503 e. The van der Waals surface area contributed by atoms with Crippen molar-refractivity contribution >= 4 is 87.0 Å². The molecule has 0 fully saturated rings. The van der Waals surface area contributed by atoms with Crippen molar-refractivity contribution < 1.29 is 44.8 Å². The number of halogens is 4. The maximum Gasteiger partial charge on any atom is 0.269 e. The van der Waals surface area contributed by atoms with E-state index in [0.717, 1.165) is 0 Å². The third-order valence-corrected chi connectivity index (χ3v) is 10.1. The van der Waals surface area contributed by atoms with Crippen LogP contribution in [0.2, 0.25) is 0 Å². The van der Waals surface area contributed by atoms with Gasteiger partial charge < -0.3 is 45.8 Å². The molecule has 1 unspecified atom stereocenters. The number of phenolic OH excluding ortho intramolecular Hbond substituents is 2. The summed E-state index contributed by atoms with van der Waals surface area (Å²) in [5.41, 5.74) is 1.77. The number of hydrogen-bond donors (Lipinski definition) is 7. The fourth-order valence-electron chi connectivity index (χ4n) is 4.98. The Morgan fingerprint density at radius 3 is 1.73 bits per heavy atom. The van der Waals surface area contributed by atoms with Gasteiger partial charge in [-0.1, -0.05) is 22.4 Å². The first kappa shape index (κ1) is 38.1. The zero-order valence-corrected chi connectivity index (χ0v) is 32.5. The first-order valence-electron chi connectivity index (χ1n) is 15.0. The first-order valence-corrected chi connectivity index (χ1v) is 18.2. The number of rotatable bonds is 0. The molecule has 4 heterocycles. The molecule has 0 radical (unpaired) electrons. The van der Waals surface area contributed by atoms with Gasteiger partial charge in [0.2, 0.25) is 0 Å². The predicted octanol–water partition coefficient (Wildman–Crippen LogP) is 7.00. The molecule has 0 aromatic heterocycles. The lowest BCUT2D eigenvalue weighted by Gasteiger charge is -2.16. The molecule has 4 aliphatic rings. The van der Waals surface area contributed by atoms with Gasteiger partial charge in [0.1, 0.15) is 22.9 Å². The minimum atomic E-state index is -1.16. The number of ether oxygens (including phenoxy) is 2. The normalized spacial score (nSPS) is 17.6. The van der Waals surface area contributed by atoms with Gasteiger partial charge in [0.05, 0.1) is 24.0 Å². The van der Waals surface area contributed by atoms with Gasteiger partial charge >= 0.3 is 0 Å². The summed E-state index contributed by atoms with van der Waals surface area (Å²) >= 11 is 13.5. The third kappa shape index (κ3) is 9.39. The fraction of sp³-hybridized carbons (Fsp3) is 0.176. The Bertz CT molecular complexity index is 2060. The second-order valence-electron chi connectivity index (χ2n) is 11.2. The number of hydrogen-bond acceptors (Lipinski definition) is 11. The highest BCUT2D eigenvalue weighted by molar-refractivity contribution is 9.11. The van der Waals surface area contributed by atoms with E-state index in [-0.39, 0.29) is 64.8 Å². The average molecular weight is 956 g/mol. The van der Waals surface area contributed by atoms with Crippen LogP contribution < -0.4 is 20.1 Å². The highest BCUT2D eigenvalue weighted by Gasteiger charge is 2.21. The Kier molecular flexibility index (Phi) is 12.6. The Morgan fingerprint density at radius 2 is 1.14 bits per heavy atom. The Labute approximate surface area is 324 Å². The Balaban J connectivity index is 1.47. The summed E-state index contributed by atoms with van der Waals surface area (Å²) in [6.45, 7) is -0.0539. The van der Waals surface area contributed by atoms with Crippen LogP contribution in [0.3, 0.4) is 0 Å². The van der Waals surface area contributed by atoms with Gasteiger partial charge in [0.25, 0.3) is 11.8 Å². The molecule has 13 nitrogen and oxygen atoms in total. The molecule has 0 aliphatic carbocycles. The maximum atomic E-state index is 13.0. The molecule has 4 aliphatic heterocycles. The molecule has 0 saturated carbocycles. The van der Waals surface area contributed by atoms with Crippen molar-refractivity contribution in [3.63, 3.8) is 0 Å². The number of phenols is 2. The number of benzene rings is 4. The van der Waals surface area contributed by atoms with Crippen LogP contribution in [-0.2, 0) is 28.9 Å². The quantitative estimate of drug-likeness (QED) is 0.0716. The second-order valence-corrected chi connectivity index (χ2v) is 14.6. The summed E-state index contributed by atoms with van der Waals surface area (Å²) in [5.74, 6) is -0.953. The molecular formula is C34H28Br4N4O9. The molecule has 4 aromatic carbocycles. The van der Waals surface area contributed by atoms with E-state index in [2.05, 4.69) is 84.7 Å². The number of aliphatic hydroxyl groups is 1. The minimum absolute atomic E-state index is 0.0216. The van der Waals surface area contributed by atoms with Gasteiger partial charge in [0, 0.05) is 25.9 Å². The van der Waals surface area contributed by atoms with Crippen LogP contribution in [0.4, 0.5) is 0 Å². The van der Waals surface area contributed by atoms with E-state index in [1.54, 1.807) is 48.5 Å². The number of nitrogens with zero attached hydrogens (tertiary/aromatic N) is 2. The van der Waals surface area contributed by atoms with E-state index in [0.29, 0.717) is 53.6 Å². The van der Waals surface area contributed by atoms with E-state index in [1.807, 2.05) is 0 Å². The van der Waals surface area contributed by atoms with E-state index >= 15 is 0 Å². The molecule has 8 bridgehead atoms. The molecule has 2 amide bonds. The highest BCUT2D eigenvalue weighted by Crippen LogP contribution is 2.42. The Morgan fingerprint density at radius 1 is 0.627 bits per heavy atom. The van der Waals surface area contributed by atoms with Gasteiger partial charge in [0.15, 0.2) is 23.0 Å². The minimum Gasteiger partial charge on any atom is -0.503 e. The number of amides is 2. The number of oxime groups is 2. The van der Waals surface area contributed by atoms with Crippen molar-refractivity contribution in [2.75, 3.05) is 13.1 Å². The highest BCUT2D eigenvalue weighted by atomic mass is 79.9. The molecule has 4 aromatic rings. The van der Waals surface area contributed by atoms with Crippen molar-refractivity contribution in [3.8, 4) is 34.5 Å². The van der Waals surface area contributed by atoms with Gasteiger partial charge in [-0.2, -0.15) is 0 Å². The van der Waals surface area contributed by atoms with Crippen LogP contribution in [0.15, 0.2) is 88.9 Å². The van der Waals surface area contributed by atoms with Crippen LogP contribution in [-0.4, -0.2) is 62.1 Å². The summed E-state index contributed by atoms with van der Waals surface area (Å²) in [5, 5.41) is 63.2. The SMILES string of the molecule is O=C1NCCc2cc(Br)c(O)c(c2)Oc2ccc(cc2Br)C(O)CNC(=O)/C(=N\O)Cc2cc(Br)c(O)c(c2)Oc2ccc(cc2Br)C/C1=N/O. The van der Waals surface area contributed by atoms with Crippen LogP contribution >= 0.6 is 63.7 Å². The van der Waals surface area contributed by atoms with Crippen molar-refractivity contribution in [1.29, 1.82) is 0 Å². The van der Waals surface area contributed by atoms with Gasteiger partial charge in [-0.15, -0.1) is 0 Å². The molecular weight excluding hydrogens is 928 g/mol. The van der Waals surface area contributed by atoms with Crippen molar-refractivity contribution in [2.24, 2.45) is 10.3 Å². The molecule has 8 rings (SSSR count). The number of carbonyl (C=O) groups excluding carboxylic acids is 2. The zero-order valence-electron chi connectivity index (χ0n) is 26.2. The predicted molar refractivity (Wildman–Crippen MR) is 201 cm³/mol. The first-order chi connectivity index (χ1) is 24.4. The van der Waals surface area contributed by atoms with Crippen molar-refractivity contribution in [3.05, 3.63) is 101 Å². The lowest BCUT2D eigenvalue weighted by Crippen LogP contribution is -2.35. The zero-order chi connectivity index (χ0) is 36.8. The number of carbonyl (C=O) groups is 2. The molecule has 1 atom stereocenters. The standard InChI is InChI=1S/C34H28Br4N4O9/c35-20-7-16-1-3-27(20)50-30-13-18(9-23(38)32(30)45)11-25(42-49)34(47)40-15-26(43)19-2-4-28(21(36)14-19)51-29-12-17(8-22(37)31(29)44)5-6-39-33(46)24(10-16)41-48/h1-4,7-9,12-14,26,43-45,48-49H,5-6,10-11,15H2,(H,39,46)(H,40,47)/b41-24-,42-25-. The van der Waals surface area contributed by atoms with Crippen LogP contribution in [0, 0.1) is 0 Å². The number of aliphatic hydroxyl groups excluding tert-OH is 1. The van der Waals surface area contributed by atoms with Gasteiger partial charge in [-0.3, -0.25) is 9.59 Å². The van der Waals surface area contributed by atoms with Gasteiger partial charge in [-0.05, 0) is 141 Å². The Hall–Kier alpha value is -4.16. The molecule has 0 saturated heterocycles. The topological polar surface area (TPSA) is 203 Å². The van der Waals surface area contributed by atoms with E-state index in [4.69, 9.17) is 9.47 Å². The van der Waals surface area contributed by atoms with E-state index < -0.39 is 17.9 Å². The lowest BCUT2D eigenvalue weighted by atomic mass is 10.1. The number of aromatic hydroxyl groups is 2. The lowest BCUT2D eigenvalue weighted by molar-refractivity contribution is -0.116. The molecule has 7 N–H and O–H groups in total. The molecule has 266 valence electrons. The summed E-state index contributed by atoms with van der Waals surface area (Å²) in [6.07, 6.45) is -1.01.